The van der Waals surface area contributed by atoms with E-state index >= 15 is 0 Å². The van der Waals surface area contributed by atoms with E-state index in [9.17, 15) is 0 Å². The molecule has 1 nitrogen and oxygen atoms in total. The van der Waals surface area contributed by atoms with Gasteiger partial charge < -0.3 is 5.32 Å². The van der Waals surface area contributed by atoms with Gasteiger partial charge in [-0.1, -0.05) is 43.2 Å². The van der Waals surface area contributed by atoms with Crippen LogP contribution in [0.15, 0.2) is 24.3 Å². The normalized spacial score (nSPS) is 10.5. The van der Waals surface area contributed by atoms with E-state index < -0.39 is 0 Å². The Morgan fingerprint density at radius 1 is 1.00 bits per heavy atom. The van der Waals surface area contributed by atoms with E-state index in [2.05, 4.69) is 43.4 Å². The van der Waals surface area contributed by atoms with Crippen LogP contribution in [0.25, 0.3) is 0 Å². The fourth-order valence-electron chi connectivity index (χ4n) is 1.60. The molecular formula is C14H23N. The van der Waals surface area contributed by atoms with E-state index in [1.807, 2.05) is 0 Å². The van der Waals surface area contributed by atoms with Crippen LogP contribution in [0, 0.1) is 6.92 Å². The molecule has 0 amide bonds. The maximum atomic E-state index is 3.47. The zero-order valence-electron chi connectivity index (χ0n) is 10.1. The van der Waals surface area contributed by atoms with E-state index in [1.165, 1.54) is 43.4 Å². The summed E-state index contributed by atoms with van der Waals surface area (Å²) in [5.41, 5.74) is 2.80. The second-order valence-corrected chi connectivity index (χ2v) is 4.19. The number of hydrogen-bond donors (Lipinski definition) is 1. The van der Waals surface area contributed by atoms with Crippen molar-refractivity contribution in [3.8, 4) is 0 Å². The van der Waals surface area contributed by atoms with Gasteiger partial charge in [0.1, 0.15) is 0 Å². The topological polar surface area (TPSA) is 12.0 Å². The Labute approximate surface area is 93.9 Å². The van der Waals surface area contributed by atoms with Crippen LogP contribution in [0.5, 0.6) is 0 Å². The van der Waals surface area contributed by atoms with Gasteiger partial charge in [-0.2, -0.15) is 0 Å². The first-order valence-corrected chi connectivity index (χ1v) is 6.09. The smallest absolute Gasteiger partial charge is 0.00457 e. The largest absolute Gasteiger partial charge is 0.317 e. The summed E-state index contributed by atoms with van der Waals surface area (Å²) in [6, 6.07) is 8.86. The zero-order chi connectivity index (χ0) is 10.9. The number of aryl methyl sites for hydroxylation is 2. The van der Waals surface area contributed by atoms with Crippen molar-refractivity contribution in [3.05, 3.63) is 35.4 Å². The van der Waals surface area contributed by atoms with E-state index in [1.54, 1.807) is 0 Å². The highest BCUT2D eigenvalue weighted by Crippen LogP contribution is 2.05. The third-order valence-corrected chi connectivity index (χ3v) is 2.65. The average molecular weight is 205 g/mol. The van der Waals surface area contributed by atoms with Gasteiger partial charge in [0.25, 0.3) is 0 Å². The molecule has 0 heterocycles. The van der Waals surface area contributed by atoms with Gasteiger partial charge in [0.05, 0.1) is 0 Å². The van der Waals surface area contributed by atoms with Crippen molar-refractivity contribution < 1.29 is 0 Å². The molecule has 1 aromatic carbocycles. The Hall–Kier alpha value is -0.820. The molecule has 0 aromatic heterocycles. The van der Waals surface area contributed by atoms with Gasteiger partial charge in [0.15, 0.2) is 0 Å². The van der Waals surface area contributed by atoms with Crippen LogP contribution >= 0.6 is 0 Å². The van der Waals surface area contributed by atoms with Crippen molar-refractivity contribution in [2.24, 2.45) is 0 Å². The molecule has 0 aliphatic carbocycles. The summed E-state index contributed by atoms with van der Waals surface area (Å²) in [6.45, 7) is 6.68. The van der Waals surface area contributed by atoms with Crippen molar-refractivity contribution >= 4 is 0 Å². The monoisotopic (exact) mass is 205 g/mol. The van der Waals surface area contributed by atoms with Crippen LogP contribution in [0.4, 0.5) is 0 Å². The minimum Gasteiger partial charge on any atom is -0.317 e. The highest BCUT2D eigenvalue weighted by Gasteiger charge is 1.92. The summed E-state index contributed by atoms with van der Waals surface area (Å²) in [5, 5.41) is 3.47. The first-order valence-electron chi connectivity index (χ1n) is 6.09. The van der Waals surface area contributed by atoms with Gasteiger partial charge in [0, 0.05) is 0 Å². The lowest BCUT2D eigenvalue weighted by Gasteiger charge is -2.04. The van der Waals surface area contributed by atoms with Gasteiger partial charge >= 0.3 is 0 Å². The predicted molar refractivity (Wildman–Crippen MR) is 67.3 cm³/mol. The van der Waals surface area contributed by atoms with Gasteiger partial charge in [-0.15, -0.1) is 0 Å². The van der Waals surface area contributed by atoms with Gasteiger partial charge in [-0.25, -0.2) is 0 Å². The van der Waals surface area contributed by atoms with Crippen LogP contribution in [-0.4, -0.2) is 13.1 Å². The molecule has 0 spiro atoms. The Morgan fingerprint density at radius 3 is 2.33 bits per heavy atom. The van der Waals surface area contributed by atoms with Gasteiger partial charge in [0.2, 0.25) is 0 Å². The number of hydrogen-bond acceptors (Lipinski definition) is 1. The Balaban J connectivity index is 2.07. The number of unbranched alkanes of at least 4 members (excludes halogenated alkanes) is 1. The Bertz CT molecular complexity index is 251. The van der Waals surface area contributed by atoms with Crippen LogP contribution < -0.4 is 5.32 Å². The molecule has 0 bridgehead atoms. The molecule has 1 heteroatoms. The van der Waals surface area contributed by atoms with Crippen molar-refractivity contribution in [2.75, 3.05) is 13.1 Å². The molecule has 0 aliphatic heterocycles. The summed E-state index contributed by atoms with van der Waals surface area (Å²) >= 11 is 0. The molecule has 0 aliphatic rings. The molecule has 0 fully saturated rings. The predicted octanol–water partition coefficient (Wildman–Crippen LogP) is 3.32. The molecule has 0 atom stereocenters. The van der Waals surface area contributed by atoms with E-state index in [4.69, 9.17) is 0 Å². The highest BCUT2D eigenvalue weighted by molar-refractivity contribution is 5.21. The van der Waals surface area contributed by atoms with Crippen molar-refractivity contribution in [2.45, 2.75) is 39.5 Å². The molecule has 0 saturated carbocycles. The molecule has 15 heavy (non-hydrogen) atoms. The van der Waals surface area contributed by atoms with Crippen molar-refractivity contribution in [1.82, 2.24) is 5.32 Å². The minimum absolute atomic E-state index is 1.15. The maximum absolute atomic E-state index is 3.47. The fourth-order valence-corrected chi connectivity index (χ4v) is 1.60. The van der Waals surface area contributed by atoms with Gasteiger partial charge in [-0.3, -0.25) is 0 Å². The third-order valence-electron chi connectivity index (χ3n) is 2.65. The van der Waals surface area contributed by atoms with Crippen LogP contribution in [0.2, 0.25) is 0 Å². The van der Waals surface area contributed by atoms with Crippen LogP contribution in [-0.2, 0) is 6.42 Å². The first kappa shape index (κ1) is 12.3. The molecular weight excluding hydrogens is 182 g/mol. The molecule has 1 rings (SSSR count). The molecule has 0 radical (unpaired) electrons. The second kappa shape index (κ2) is 7.47. The number of rotatable bonds is 7. The van der Waals surface area contributed by atoms with E-state index in [0.29, 0.717) is 0 Å². The fraction of sp³-hybridized carbons (Fsp3) is 0.571. The quantitative estimate of drug-likeness (QED) is 0.673. The zero-order valence-corrected chi connectivity index (χ0v) is 10.1. The molecule has 84 valence electrons. The first-order chi connectivity index (χ1) is 7.33. The number of nitrogens with one attached hydrogen (secondary N) is 1. The lowest BCUT2D eigenvalue weighted by atomic mass is 10.1. The maximum Gasteiger partial charge on any atom is -0.00457 e. The van der Waals surface area contributed by atoms with Gasteiger partial charge in [-0.05, 0) is 44.8 Å². The van der Waals surface area contributed by atoms with Crippen LogP contribution in [0.1, 0.15) is 37.3 Å². The van der Waals surface area contributed by atoms with E-state index in [-0.39, 0.29) is 0 Å². The minimum atomic E-state index is 1.15. The summed E-state index contributed by atoms with van der Waals surface area (Å²) in [6.07, 6.45) is 5.02. The van der Waals surface area contributed by atoms with Crippen molar-refractivity contribution in [1.29, 1.82) is 0 Å². The standard InChI is InChI=1S/C14H23N/c1-3-4-11-15-12-5-6-14-9-7-13(2)8-10-14/h7-10,15H,3-6,11-12H2,1-2H3. The SMILES string of the molecule is CCCCNCCCc1ccc(C)cc1. The summed E-state index contributed by atoms with van der Waals surface area (Å²) in [4.78, 5) is 0. The molecule has 0 unspecified atom stereocenters. The lowest BCUT2D eigenvalue weighted by Crippen LogP contribution is -2.16. The van der Waals surface area contributed by atoms with E-state index in [0.717, 1.165) is 6.54 Å². The third kappa shape index (κ3) is 5.58. The lowest BCUT2D eigenvalue weighted by molar-refractivity contribution is 0.617. The average Bonchev–Trinajstić information content (AvgIpc) is 2.26. The summed E-state index contributed by atoms with van der Waals surface area (Å²) < 4.78 is 0. The molecule has 0 saturated heterocycles. The number of benzene rings is 1. The van der Waals surface area contributed by atoms with Crippen molar-refractivity contribution in [3.63, 3.8) is 0 Å². The summed E-state index contributed by atoms with van der Waals surface area (Å²) in [5.74, 6) is 0. The summed E-state index contributed by atoms with van der Waals surface area (Å²) in [7, 11) is 0. The van der Waals surface area contributed by atoms with Crippen LogP contribution in [0.3, 0.4) is 0 Å². The molecule has 1 N–H and O–H groups in total. The Morgan fingerprint density at radius 2 is 1.67 bits per heavy atom. The second-order valence-electron chi connectivity index (χ2n) is 4.19. The Kier molecular flexibility index (Phi) is 6.10. The highest BCUT2D eigenvalue weighted by atomic mass is 14.8. The molecule has 1 aromatic rings.